The van der Waals surface area contributed by atoms with E-state index in [0.717, 1.165) is 19.3 Å². The Hall–Kier alpha value is -0.570. The molecule has 3 unspecified atom stereocenters. The summed E-state index contributed by atoms with van der Waals surface area (Å²) in [4.78, 5) is 11.2. The standard InChI is InChI=1S/C10H17NO2/c1-2-9(13)11-8-3-4-10(6-12)5-7(8)10/h7-8,12H,2-6H2,1H3,(H,11,13). The molecule has 0 aliphatic heterocycles. The SMILES string of the molecule is CCC(=O)NC1CCC2(CO)CC12. The van der Waals surface area contributed by atoms with Gasteiger partial charge in [-0.1, -0.05) is 6.92 Å². The van der Waals surface area contributed by atoms with Crippen molar-refractivity contribution in [2.75, 3.05) is 6.61 Å². The van der Waals surface area contributed by atoms with Crippen molar-refractivity contribution >= 4 is 5.91 Å². The van der Waals surface area contributed by atoms with E-state index in [1.165, 1.54) is 0 Å². The fourth-order valence-corrected chi connectivity index (χ4v) is 2.62. The highest BCUT2D eigenvalue weighted by Crippen LogP contribution is 2.63. The fourth-order valence-electron chi connectivity index (χ4n) is 2.62. The molecule has 2 saturated carbocycles. The molecule has 3 atom stereocenters. The highest BCUT2D eigenvalue weighted by Gasteiger charge is 2.61. The molecule has 2 rings (SSSR count). The molecule has 0 bridgehead atoms. The smallest absolute Gasteiger partial charge is 0.219 e. The minimum Gasteiger partial charge on any atom is -0.396 e. The first-order chi connectivity index (χ1) is 6.22. The van der Waals surface area contributed by atoms with E-state index in [9.17, 15) is 4.79 Å². The average Bonchev–Trinajstić information content (AvgIpc) is 2.80. The van der Waals surface area contributed by atoms with E-state index in [-0.39, 0.29) is 11.3 Å². The van der Waals surface area contributed by atoms with Crippen molar-refractivity contribution in [2.24, 2.45) is 11.3 Å². The summed E-state index contributed by atoms with van der Waals surface area (Å²) in [5, 5.41) is 12.2. The molecule has 0 aromatic carbocycles. The molecule has 2 aliphatic rings. The summed E-state index contributed by atoms with van der Waals surface area (Å²) in [5.41, 5.74) is 0.200. The van der Waals surface area contributed by atoms with Crippen LogP contribution in [0.1, 0.15) is 32.6 Å². The van der Waals surface area contributed by atoms with E-state index in [2.05, 4.69) is 5.32 Å². The number of hydrogen-bond donors (Lipinski definition) is 2. The summed E-state index contributed by atoms with van der Waals surface area (Å²) in [5.74, 6) is 0.707. The molecule has 3 heteroatoms. The number of hydrogen-bond acceptors (Lipinski definition) is 2. The van der Waals surface area contributed by atoms with Gasteiger partial charge < -0.3 is 10.4 Å². The Labute approximate surface area is 78.5 Å². The maximum Gasteiger partial charge on any atom is 0.219 e. The van der Waals surface area contributed by atoms with Gasteiger partial charge in [-0.3, -0.25) is 4.79 Å². The van der Waals surface area contributed by atoms with Crippen LogP contribution in [-0.4, -0.2) is 23.7 Å². The van der Waals surface area contributed by atoms with Crippen LogP contribution in [0.2, 0.25) is 0 Å². The van der Waals surface area contributed by atoms with Crippen molar-refractivity contribution in [1.29, 1.82) is 0 Å². The summed E-state index contributed by atoms with van der Waals surface area (Å²) in [7, 11) is 0. The summed E-state index contributed by atoms with van der Waals surface area (Å²) in [6.07, 6.45) is 3.81. The molecule has 2 fully saturated rings. The Morgan fingerprint density at radius 1 is 1.69 bits per heavy atom. The first-order valence-electron chi connectivity index (χ1n) is 5.12. The zero-order valence-electron chi connectivity index (χ0n) is 8.05. The van der Waals surface area contributed by atoms with Crippen molar-refractivity contribution in [3.8, 4) is 0 Å². The van der Waals surface area contributed by atoms with Crippen LogP contribution in [0.25, 0.3) is 0 Å². The van der Waals surface area contributed by atoms with Gasteiger partial charge in [-0.25, -0.2) is 0 Å². The van der Waals surface area contributed by atoms with Gasteiger partial charge in [0.1, 0.15) is 0 Å². The van der Waals surface area contributed by atoms with Gasteiger partial charge in [0.05, 0.1) is 0 Å². The first-order valence-corrected chi connectivity index (χ1v) is 5.12. The van der Waals surface area contributed by atoms with Crippen LogP contribution in [0.5, 0.6) is 0 Å². The van der Waals surface area contributed by atoms with Crippen LogP contribution in [0.3, 0.4) is 0 Å². The van der Waals surface area contributed by atoms with Crippen LogP contribution < -0.4 is 5.32 Å². The largest absolute Gasteiger partial charge is 0.396 e. The van der Waals surface area contributed by atoms with Gasteiger partial charge in [0, 0.05) is 19.1 Å². The molecule has 2 N–H and O–H groups in total. The zero-order valence-corrected chi connectivity index (χ0v) is 8.05. The molecule has 0 radical (unpaired) electrons. The number of aliphatic hydroxyl groups is 1. The predicted molar refractivity (Wildman–Crippen MR) is 49.1 cm³/mol. The number of nitrogens with one attached hydrogen (secondary N) is 1. The van der Waals surface area contributed by atoms with Crippen molar-refractivity contribution in [1.82, 2.24) is 5.32 Å². The normalized spacial score (nSPS) is 41.4. The molecule has 0 saturated heterocycles. The topological polar surface area (TPSA) is 49.3 Å². The molecular formula is C10H17NO2. The third-order valence-corrected chi connectivity index (χ3v) is 3.67. The number of carbonyl (C=O) groups excluding carboxylic acids is 1. The van der Waals surface area contributed by atoms with E-state index in [4.69, 9.17) is 5.11 Å². The van der Waals surface area contributed by atoms with E-state index in [0.29, 0.717) is 25.0 Å². The summed E-state index contributed by atoms with van der Waals surface area (Å²) >= 11 is 0. The van der Waals surface area contributed by atoms with Crippen molar-refractivity contribution < 1.29 is 9.90 Å². The number of rotatable bonds is 3. The van der Waals surface area contributed by atoms with Crippen LogP contribution >= 0.6 is 0 Å². The molecule has 0 heterocycles. The third kappa shape index (κ3) is 1.35. The summed E-state index contributed by atoms with van der Waals surface area (Å²) in [6.45, 7) is 2.17. The lowest BCUT2D eigenvalue weighted by Gasteiger charge is -2.12. The predicted octanol–water partition coefficient (Wildman–Crippen LogP) is 0.674. The van der Waals surface area contributed by atoms with Gasteiger partial charge in [0.25, 0.3) is 0 Å². The average molecular weight is 183 g/mol. The number of amides is 1. The third-order valence-electron chi connectivity index (χ3n) is 3.67. The van der Waals surface area contributed by atoms with E-state index >= 15 is 0 Å². The molecule has 1 amide bonds. The fraction of sp³-hybridized carbons (Fsp3) is 0.900. The second kappa shape index (κ2) is 2.98. The lowest BCUT2D eigenvalue weighted by Crippen LogP contribution is -2.34. The number of carbonyl (C=O) groups is 1. The van der Waals surface area contributed by atoms with Crippen molar-refractivity contribution in [3.63, 3.8) is 0 Å². The molecular weight excluding hydrogens is 166 g/mol. The van der Waals surface area contributed by atoms with Crippen LogP contribution in [0, 0.1) is 11.3 Å². The minimum atomic E-state index is 0.144. The molecule has 0 spiro atoms. The molecule has 13 heavy (non-hydrogen) atoms. The molecule has 0 aromatic rings. The number of fused-ring (bicyclic) bond motifs is 1. The van der Waals surface area contributed by atoms with Gasteiger partial charge in [0.15, 0.2) is 0 Å². The monoisotopic (exact) mass is 183 g/mol. The Balaban J connectivity index is 1.88. The second-order valence-electron chi connectivity index (χ2n) is 4.40. The van der Waals surface area contributed by atoms with Crippen LogP contribution in [0.15, 0.2) is 0 Å². The Morgan fingerprint density at radius 3 is 2.92 bits per heavy atom. The summed E-state index contributed by atoms with van der Waals surface area (Å²) < 4.78 is 0. The molecule has 3 nitrogen and oxygen atoms in total. The zero-order chi connectivity index (χ0) is 9.47. The highest BCUT2D eigenvalue weighted by atomic mass is 16.3. The Bertz CT molecular complexity index is 229. The molecule has 2 aliphatic carbocycles. The van der Waals surface area contributed by atoms with Gasteiger partial charge in [0.2, 0.25) is 5.91 Å². The van der Waals surface area contributed by atoms with E-state index in [1.54, 1.807) is 0 Å². The van der Waals surface area contributed by atoms with Gasteiger partial charge in [-0.2, -0.15) is 0 Å². The second-order valence-corrected chi connectivity index (χ2v) is 4.40. The van der Waals surface area contributed by atoms with Crippen LogP contribution in [-0.2, 0) is 4.79 Å². The Kier molecular flexibility index (Phi) is 2.06. The molecule has 74 valence electrons. The lowest BCUT2D eigenvalue weighted by atomic mass is 10.1. The number of aliphatic hydroxyl groups excluding tert-OH is 1. The molecule has 0 aromatic heterocycles. The Morgan fingerprint density at radius 2 is 2.46 bits per heavy atom. The van der Waals surface area contributed by atoms with Crippen molar-refractivity contribution in [2.45, 2.75) is 38.6 Å². The summed E-state index contributed by atoms with van der Waals surface area (Å²) in [6, 6.07) is 0.347. The maximum absolute atomic E-state index is 11.2. The first kappa shape index (κ1) is 9.00. The van der Waals surface area contributed by atoms with E-state index in [1.807, 2.05) is 6.92 Å². The maximum atomic E-state index is 11.2. The van der Waals surface area contributed by atoms with Gasteiger partial charge >= 0.3 is 0 Å². The van der Waals surface area contributed by atoms with E-state index < -0.39 is 0 Å². The highest BCUT2D eigenvalue weighted by molar-refractivity contribution is 5.76. The van der Waals surface area contributed by atoms with Gasteiger partial charge in [-0.05, 0) is 30.6 Å². The quantitative estimate of drug-likeness (QED) is 0.675. The van der Waals surface area contributed by atoms with Crippen molar-refractivity contribution in [3.05, 3.63) is 0 Å². The minimum absolute atomic E-state index is 0.144. The van der Waals surface area contributed by atoms with Gasteiger partial charge in [-0.15, -0.1) is 0 Å². The van der Waals surface area contributed by atoms with Crippen LogP contribution in [0.4, 0.5) is 0 Å². The lowest BCUT2D eigenvalue weighted by molar-refractivity contribution is -0.121.